The van der Waals surface area contributed by atoms with Crippen LogP contribution >= 0.6 is 34.8 Å². The molecule has 0 atom stereocenters. The van der Waals surface area contributed by atoms with Gasteiger partial charge in [-0.05, 0) is 48.4 Å². The fraction of sp³-hybridized carbons (Fsp3) is 0.143. The summed E-state index contributed by atoms with van der Waals surface area (Å²) >= 11 is 18.9. The van der Waals surface area contributed by atoms with E-state index in [-0.39, 0.29) is 0 Å². The molecule has 3 aromatic carbocycles. The van der Waals surface area contributed by atoms with E-state index in [1.54, 1.807) is 0 Å². The first kappa shape index (κ1) is 18.9. The Morgan fingerprint density at radius 3 is 2.27 bits per heavy atom. The topological polar surface area (TPSA) is 21.3 Å². The van der Waals surface area contributed by atoms with E-state index in [1.165, 1.54) is 5.56 Å². The summed E-state index contributed by atoms with van der Waals surface area (Å²) in [6, 6.07) is 19.4. The molecule has 134 valence electrons. The van der Waals surface area contributed by atoms with Crippen LogP contribution in [-0.2, 0) is 13.2 Å². The molecule has 0 bridgehead atoms. The number of halogens is 3. The van der Waals surface area contributed by atoms with Gasteiger partial charge in [0.1, 0.15) is 6.61 Å². The van der Waals surface area contributed by atoms with Gasteiger partial charge in [0.05, 0.1) is 10.0 Å². The van der Waals surface area contributed by atoms with Gasteiger partial charge in [-0.25, -0.2) is 0 Å². The minimum Gasteiger partial charge on any atom is -0.486 e. The van der Waals surface area contributed by atoms with Gasteiger partial charge in [0, 0.05) is 22.8 Å². The van der Waals surface area contributed by atoms with Crippen molar-refractivity contribution < 1.29 is 4.74 Å². The normalized spacial score (nSPS) is 10.6. The molecule has 5 heteroatoms. The molecule has 3 rings (SSSR count). The Morgan fingerprint density at radius 2 is 1.58 bits per heavy atom. The average Bonchev–Trinajstić information content (AvgIpc) is 2.61. The minimum absolute atomic E-state index is 0.306. The van der Waals surface area contributed by atoms with Crippen LogP contribution in [0.2, 0.25) is 15.1 Å². The van der Waals surface area contributed by atoms with E-state index in [0.29, 0.717) is 34.0 Å². The number of benzene rings is 3. The highest BCUT2D eigenvalue weighted by atomic mass is 35.5. The van der Waals surface area contributed by atoms with E-state index in [2.05, 4.69) is 24.4 Å². The molecule has 0 heterocycles. The molecule has 0 spiro atoms. The van der Waals surface area contributed by atoms with Crippen LogP contribution in [-0.4, -0.2) is 0 Å². The van der Waals surface area contributed by atoms with Crippen molar-refractivity contribution in [3.05, 3.63) is 92.4 Å². The highest BCUT2D eigenvalue weighted by Crippen LogP contribution is 2.35. The smallest absolute Gasteiger partial charge is 0.156 e. The van der Waals surface area contributed by atoms with Crippen molar-refractivity contribution in [3.63, 3.8) is 0 Å². The minimum atomic E-state index is 0.306. The molecular weight excluding hydrogens is 389 g/mol. The second-order valence-electron chi connectivity index (χ2n) is 5.99. The quantitative estimate of drug-likeness (QED) is 0.469. The van der Waals surface area contributed by atoms with E-state index in [0.717, 1.165) is 16.8 Å². The monoisotopic (exact) mass is 405 g/mol. The van der Waals surface area contributed by atoms with Gasteiger partial charge in [0.25, 0.3) is 0 Å². The van der Waals surface area contributed by atoms with E-state index in [9.17, 15) is 0 Å². The Hall–Kier alpha value is -1.87. The Bertz CT molecular complexity index is 888. The molecule has 1 N–H and O–H groups in total. The fourth-order valence-corrected chi connectivity index (χ4v) is 3.41. The molecule has 0 unspecified atom stereocenters. The third kappa shape index (κ3) is 4.85. The predicted octanol–water partition coefficient (Wildman–Crippen LogP) is 7.15. The number of hydrogen-bond donors (Lipinski definition) is 1. The SMILES string of the molecule is Cc1cccc(NCc2cc(Cl)c(OCc3ccccc3Cl)c(Cl)c2)c1. The standard InChI is InChI=1S/C21H18Cl3NO/c1-14-5-4-7-17(9-14)25-12-15-10-19(23)21(20(24)11-15)26-13-16-6-2-3-8-18(16)22/h2-11,25H,12-13H2,1H3. The summed E-state index contributed by atoms with van der Waals surface area (Å²) in [5.74, 6) is 0.465. The van der Waals surface area contributed by atoms with Crippen molar-refractivity contribution >= 4 is 40.5 Å². The average molecular weight is 407 g/mol. The first-order chi connectivity index (χ1) is 12.5. The Morgan fingerprint density at radius 1 is 0.846 bits per heavy atom. The highest BCUT2D eigenvalue weighted by molar-refractivity contribution is 6.37. The van der Waals surface area contributed by atoms with E-state index in [4.69, 9.17) is 39.5 Å². The van der Waals surface area contributed by atoms with Crippen LogP contribution in [0.3, 0.4) is 0 Å². The Kier molecular flexibility index (Phi) is 6.31. The first-order valence-corrected chi connectivity index (χ1v) is 9.31. The largest absolute Gasteiger partial charge is 0.486 e. The first-order valence-electron chi connectivity index (χ1n) is 8.17. The van der Waals surface area contributed by atoms with Crippen molar-refractivity contribution in [2.24, 2.45) is 0 Å². The summed E-state index contributed by atoms with van der Waals surface area (Å²) < 4.78 is 5.80. The zero-order valence-corrected chi connectivity index (χ0v) is 16.5. The van der Waals surface area contributed by atoms with Crippen LogP contribution in [0.25, 0.3) is 0 Å². The molecule has 3 aromatic rings. The molecule has 0 aliphatic rings. The van der Waals surface area contributed by atoms with Crippen molar-refractivity contribution in [2.75, 3.05) is 5.32 Å². The summed E-state index contributed by atoms with van der Waals surface area (Å²) in [6.07, 6.45) is 0. The van der Waals surface area contributed by atoms with Crippen LogP contribution in [0.4, 0.5) is 5.69 Å². The van der Waals surface area contributed by atoms with E-state index >= 15 is 0 Å². The summed E-state index contributed by atoms with van der Waals surface area (Å²) in [5.41, 5.74) is 4.11. The van der Waals surface area contributed by atoms with Crippen LogP contribution in [0.1, 0.15) is 16.7 Å². The lowest BCUT2D eigenvalue weighted by molar-refractivity contribution is 0.306. The Labute approximate surface area is 168 Å². The van der Waals surface area contributed by atoms with Gasteiger partial charge in [-0.1, -0.05) is 65.1 Å². The summed E-state index contributed by atoms with van der Waals surface area (Å²) in [5, 5.41) is 4.97. The number of ether oxygens (including phenoxy) is 1. The summed E-state index contributed by atoms with van der Waals surface area (Å²) in [4.78, 5) is 0. The van der Waals surface area contributed by atoms with Crippen molar-refractivity contribution in [2.45, 2.75) is 20.1 Å². The molecule has 0 saturated carbocycles. The maximum absolute atomic E-state index is 6.38. The van der Waals surface area contributed by atoms with Crippen LogP contribution < -0.4 is 10.1 Å². The Balaban J connectivity index is 1.69. The highest BCUT2D eigenvalue weighted by Gasteiger charge is 2.11. The zero-order valence-electron chi connectivity index (χ0n) is 14.2. The molecule has 2 nitrogen and oxygen atoms in total. The lowest BCUT2D eigenvalue weighted by Gasteiger charge is -2.13. The number of anilines is 1. The molecule has 0 aliphatic heterocycles. The van der Waals surface area contributed by atoms with Gasteiger partial charge < -0.3 is 10.1 Å². The molecule has 0 fully saturated rings. The van der Waals surface area contributed by atoms with Gasteiger partial charge >= 0.3 is 0 Å². The molecule has 26 heavy (non-hydrogen) atoms. The lowest BCUT2D eigenvalue weighted by atomic mass is 10.2. The van der Waals surface area contributed by atoms with Gasteiger partial charge in [-0.15, -0.1) is 0 Å². The molecule has 0 aromatic heterocycles. The predicted molar refractivity (Wildman–Crippen MR) is 111 cm³/mol. The molecular formula is C21H18Cl3NO. The number of aryl methyl sites for hydroxylation is 1. The van der Waals surface area contributed by atoms with Gasteiger partial charge in [-0.2, -0.15) is 0 Å². The molecule has 0 aliphatic carbocycles. The second kappa shape index (κ2) is 8.68. The van der Waals surface area contributed by atoms with Crippen molar-refractivity contribution in [1.29, 1.82) is 0 Å². The molecule has 0 radical (unpaired) electrons. The van der Waals surface area contributed by atoms with Gasteiger partial charge in [-0.3, -0.25) is 0 Å². The third-order valence-corrected chi connectivity index (χ3v) is 4.83. The van der Waals surface area contributed by atoms with E-state index < -0.39 is 0 Å². The number of nitrogens with one attached hydrogen (secondary N) is 1. The van der Waals surface area contributed by atoms with Gasteiger partial charge in [0.15, 0.2) is 5.75 Å². The lowest BCUT2D eigenvalue weighted by Crippen LogP contribution is -2.01. The number of hydrogen-bond acceptors (Lipinski definition) is 2. The third-order valence-electron chi connectivity index (χ3n) is 3.90. The van der Waals surface area contributed by atoms with Crippen LogP contribution in [0.15, 0.2) is 60.7 Å². The summed E-state index contributed by atoms with van der Waals surface area (Å²) in [7, 11) is 0. The maximum Gasteiger partial charge on any atom is 0.156 e. The molecule has 0 saturated heterocycles. The van der Waals surface area contributed by atoms with Crippen molar-refractivity contribution in [1.82, 2.24) is 0 Å². The van der Waals surface area contributed by atoms with Crippen LogP contribution in [0, 0.1) is 6.92 Å². The van der Waals surface area contributed by atoms with Crippen molar-refractivity contribution in [3.8, 4) is 5.75 Å². The molecule has 0 amide bonds. The van der Waals surface area contributed by atoms with E-state index in [1.807, 2.05) is 48.5 Å². The summed E-state index contributed by atoms with van der Waals surface area (Å²) in [6.45, 7) is 2.98. The van der Waals surface area contributed by atoms with Gasteiger partial charge in [0.2, 0.25) is 0 Å². The fourth-order valence-electron chi connectivity index (χ4n) is 2.58. The second-order valence-corrected chi connectivity index (χ2v) is 7.21. The maximum atomic E-state index is 6.38. The number of rotatable bonds is 6. The zero-order chi connectivity index (χ0) is 18.5. The van der Waals surface area contributed by atoms with Crippen LogP contribution in [0.5, 0.6) is 5.75 Å².